The topological polar surface area (TPSA) is 47.1 Å². The van der Waals surface area contributed by atoms with Gasteiger partial charge in [0.1, 0.15) is 4.99 Å². The molecule has 0 aliphatic heterocycles. The number of halogens is 1. The van der Waals surface area contributed by atoms with Crippen LogP contribution in [-0.2, 0) is 13.1 Å². The minimum absolute atomic E-state index is 0.392. The van der Waals surface area contributed by atoms with E-state index in [1.165, 1.54) is 0 Å². The molecule has 0 amide bonds. The summed E-state index contributed by atoms with van der Waals surface area (Å²) in [7, 11) is 2.00. The molecular weight excluding hydrogens is 304 g/mol. The molecule has 0 spiro atoms. The number of nitrogens with zero attached hydrogens (tertiary/aromatic N) is 3. The molecule has 0 saturated carbocycles. The zero-order valence-corrected chi connectivity index (χ0v) is 14.0. The summed E-state index contributed by atoms with van der Waals surface area (Å²) in [5.74, 6) is 0. The van der Waals surface area contributed by atoms with Crippen molar-refractivity contribution in [1.29, 1.82) is 0 Å². The van der Waals surface area contributed by atoms with E-state index in [0.29, 0.717) is 11.5 Å². The van der Waals surface area contributed by atoms with Gasteiger partial charge in [0.15, 0.2) is 0 Å². The van der Waals surface area contributed by atoms with E-state index in [1.807, 2.05) is 42.9 Å². The number of hydrogen-bond donors (Lipinski definition) is 1. The van der Waals surface area contributed by atoms with Gasteiger partial charge >= 0.3 is 0 Å². The van der Waals surface area contributed by atoms with Crippen LogP contribution in [0.4, 0.5) is 5.69 Å². The molecule has 0 saturated heterocycles. The molecule has 0 aliphatic rings. The van der Waals surface area contributed by atoms with E-state index in [-0.39, 0.29) is 0 Å². The summed E-state index contributed by atoms with van der Waals surface area (Å²) < 4.78 is 1.93. The van der Waals surface area contributed by atoms with E-state index < -0.39 is 0 Å². The lowest BCUT2D eigenvalue weighted by atomic mass is 10.1. The molecule has 0 atom stereocenters. The summed E-state index contributed by atoms with van der Waals surface area (Å²) >= 11 is 11.5. The molecule has 21 heavy (non-hydrogen) atoms. The Bertz CT molecular complexity index is 666. The molecule has 1 aromatic carbocycles. The van der Waals surface area contributed by atoms with Gasteiger partial charge < -0.3 is 10.6 Å². The minimum Gasteiger partial charge on any atom is -0.389 e. The van der Waals surface area contributed by atoms with Crippen molar-refractivity contribution in [2.24, 2.45) is 5.73 Å². The first-order chi connectivity index (χ1) is 9.95. The van der Waals surface area contributed by atoms with Crippen LogP contribution in [0, 0.1) is 6.92 Å². The van der Waals surface area contributed by atoms with Gasteiger partial charge in [0.2, 0.25) is 0 Å². The highest BCUT2D eigenvalue weighted by Gasteiger charge is 2.16. The Morgan fingerprint density at radius 1 is 1.43 bits per heavy atom. The van der Waals surface area contributed by atoms with Crippen molar-refractivity contribution in [2.75, 3.05) is 11.9 Å². The highest BCUT2D eigenvalue weighted by Crippen LogP contribution is 2.25. The second-order valence-electron chi connectivity index (χ2n) is 4.90. The number of aromatic nitrogens is 2. The molecule has 1 heterocycles. The average Bonchev–Trinajstić information content (AvgIpc) is 2.74. The first kappa shape index (κ1) is 15.8. The SMILES string of the molecule is CCn1nc(C)c(Cl)c1CN(C)c1ccccc1C(N)=S. The molecule has 2 N–H and O–H groups in total. The number of benzene rings is 1. The standard InChI is InChI=1S/C15H19ClN4S/c1-4-20-13(14(16)10(2)18-20)9-19(3)12-8-6-5-7-11(12)15(17)21/h5-8H,4,9H2,1-3H3,(H2,17,21). The molecule has 112 valence electrons. The quantitative estimate of drug-likeness (QED) is 0.859. The summed E-state index contributed by atoms with van der Waals surface area (Å²) in [4.78, 5) is 2.48. The monoisotopic (exact) mass is 322 g/mol. The molecule has 1 aromatic heterocycles. The Balaban J connectivity index is 2.35. The number of para-hydroxylation sites is 1. The highest BCUT2D eigenvalue weighted by molar-refractivity contribution is 7.80. The predicted octanol–water partition coefficient (Wildman–Crippen LogP) is 3.14. The number of thiocarbonyl (C=S) groups is 1. The minimum atomic E-state index is 0.392. The normalized spacial score (nSPS) is 10.7. The van der Waals surface area contributed by atoms with E-state index in [4.69, 9.17) is 29.6 Å². The Morgan fingerprint density at radius 3 is 2.71 bits per heavy atom. The van der Waals surface area contributed by atoms with Gasteiger partial charge in [0, 0.05) is 24.8 Å². The lowest BCUT2D eigenvalue weighted by molar-refractivity contribution is 0.613. The Kier molecular flexibility index (Phi) is 4.85. The van der Waals surface area contributed by atoms with Crippen LogP contribution in [-0.4, -0.2) is 21.8 Å². The Hall–Kier alpha value is -1.59. The van der Waals surface area contributed by atoms with Gasteiger partial charge in [-0.1, -0.05) is 36.0 Å². The largest absolute Gasteiger partial charge is 0.389 e. The van der Waals surface area contributed by atoms with Crippen LogP contribution < -0.4 is 10.6 Å². The number of anilines is 1. The maximum atomic E-state index is 6.37. The third-order valence-corrected chi connectivity index (χ3v) is 4.13. The smallest absolute Gasteiger partial charge is 0.106 e. The van der Waals surface area contributed by atoms with Gasteiger partial charge in [-0.3, -0.25) is 4.68 Å². The molecule has 2 aromatic rings. The molecule has 2 rings (SSSR count). The molecule has 0 fully saturated rings. The maximum absolute atomic E-state index is 6.37. The second-order valence-corrected chi connectivity index (χ2v) is 5.72. The lowest BCUT2D eigenvalue weighted by Gasteiger charge is -2.22. The second kappa shape index (κ2) is 6.45. The molecule has 0 bridgehead atoms. The fraction of sp³-hybridized carbons (Fsp3) is 0.333. The number of hydrogen-bond acceptors (Lipinski definition) is 3. The van der Waals surface area contributed by atoms with E-state index in [2.05, 4.69) is 16.9 Å². The Morgan fingerprint density at radius 2 is 2.10 bits per heavy atom. The third-order valence-electron chi connectivity index (χ3n) is 3.42. The van der Waals surface area contributed by atoms with Crippen LogP contribution >= 0.6 is 23.8 Å². The fourth-order valence-electron chi connectivity index (χ4n) is 2.34. The van der Waals surface area contributed by atoms with Crippen molar-refractivity contribution in [3.05, 3.63) is 46.2 Å². The summed E-state index contributed by atoms with van der Waals surface area (Å²) in [6.07, 6.45) is 0. The third kappa shape index (κ3) is 3.19. The van der Waals surface area contributed by atoms with Gasteiger partial charge in [-0.2, -0.15) is 5.10 Å². The maximum Gasteiger partial charge on any atom is 0.106 e. The zero-order valence-electron chi connectivity index (χ0n) is 12.4. The van der Waals surface area contributed by atoms with Crippen LogP contribution in [0.3, 0.4) is 0 Å². The van der Waals surface area contributed by atoms with Gasteiger partial charge in [0.05, 0.1) is 23.0 Å². The van der Waals surface area contributed by atoms with Crippen molar-refractivity contribution in [3.8, 4) is 0 Å². The first-order valence-electron chi connectivity index (χ1n) is 6.77. The van der Waals surface area contributed by atoms with Crippen molar-refractivity contribution < 1.29 is 0 Å². The molecule has 0 radical (unpaired) electrons. The van der Waals surface area contributed by atoms with Gasteiger partial charge in [-0.15, -0.1) is 0 Å². The van der Waals surface area contributed by atoms with E-state index in [1.54, 1.807) is 0 Å². The first-order valence-corrected chi connectivity index (χ1v) is 7.56. The van der Waals surface area contributed by atoms with Crippen molar-refractivity contribution >= 4 is 34.5 Å². The van der Waals surface area contributed by atoms with Crippen molar-refractivity contribution in [3.63, 3.8) is 0 Å². The van der Waals surface area contributed by atoms with E-state index >= 15 is 0 Å². The van der Waals surface area contributed by atoms with Crippen LogP contribution in [0.25, 0.3) is 0 Å². The molecule has 0 unspecified atom stereocenters. The molecular formula is C15H19ClN4S. The molecule has 0 aliphatic carbocycles. The summed E-state index contributed by atoms with van der Waals surface area (Å²) in [6.45, 7) is 5.40. The van der Waals surface area contributed by atoms with Gasteiger partial charge in [-0.05, 0) is 26.0 Å². The zero-order chi connectivity index (χ0) is 15.6. The number of rotatable bonds is 5. The summed E-state index contributed by atoms with van der Waals surface area (Å²) in [5.41, 5.74) is 9.50. The highest BCUT2D eigenvalue weighted by atomic mass is 35.5. The van der Waals surface area contributed by atoms with Crippen molar-refractivity contribution in [1.82, 2.24) is 9.78 Å². The van der Waals surface area contributed by atoms with Crippen LogP contribution in [0.15, 0.2) is 24.3 Å². The van der Waals surface area contributed by atoms with Crippen LogP contribution in [0.5, 0.6) is 0 Å². The summed E-state index contributed by atoms with van der Waals surface area (Å²) in [6, 6.07) is 7.83. The summed E-state index contributed by atoms with van der Waals surface area (Å²) in [5, 5.41) is 5.16. The fourth-order valence-corrected chi connectivity index (χ4v) is 2.71. The predicted molar refractivity (Wildman–Crippen MR) is 92.1 cm³/mol. The van der Waals surface area contributed by atoms with Crippen LogP contribution in [0.1, 0.15) is 23.9 Å². The number of aryl methyl sites for hydroxylation is 2. The van der Waals surface area contributed by atoms with Gasteiger partial charge in [-0.25, -0.2) is 0 Å². The van der Waals surface area contributed by atoms with E-state index in [0.717, 1.165) is 34.2 Å². The average molecular weight is 323 g/mol. The van der Waals surface area contributed by atoms with Crippen molar-refractivity contribution in [2.45, 2.75) is 26.9 Å². The Labute approximate surface area is 135 Å². The van der Waals surface area contributed by atoms with Crippen LogP contribution in [0.2, 0.25) is 5.02 Å². The molecule has 4 nitrogen and oxygen atoms in total. The van der Waals surface area contributed by atoms with Gasteiger partial charge in [0.25, 0.3) is 0 Å². The lowest BCUT2D eigenvalue weighted by Crippen LogP contribution is -2.23. The number of nitrogens with two attached hydrogens (primary N) is 1. The molecule has 6 heteroatoms. The van der Waals surface area contributed by atoms with E-state index in [9.17, 15) is 0 Å².